The molecule has 1 aromatic rings. The normalized spacial score (nSPS) is 17.1. The number of anilines is 3. The minimum absolute atomic E-state index is 0.0665. The fourth-order valence-corrected chi connectivity index (χ4v) is 1.75. The number of rotatable bonds is 3. The molecule has 1 saturated heterocycles. The zero-order chi connectivity index (χ0) is 12.5. The van der Waals surface area contributed by atoms with E-state index in [1.165, 1.54) is 6.92 Å². The van der Waals surface area contributed by atoms with Crippen LogP contribution in [-0.4, -0.2) is 24.7 Å². The summed E-state index contributed by atoms with van der Waals surface area (Å²) < 4.78 is 5.17. The second-order valence-electron chi connectivity index (χ2n) is 4.66. The summed E-state index contributed by atoms with van der Waals surface area (Å²) in [6.07, 6.45) is 0. The van der Waals surface area contributed by atoms with Crippen LogP contribution in [0.4, 0.5) is 17.1 Å². The zero-order valence-electron chi connectivity index (χ0n) is 10.0. The molecule has 5 nitrogen and oxygen atoms in total. The van der Waals surface area contributed by atoms with Gasteiger partial charge in [-0.3, -0.25) is 4.79 Å². The van der Waals surface area contributed by atoms with E-state index in [1.807, 2.05) is 6.07 Å². The highest BCUT2D eigenvalue weighted by Gasteiger charge is 2.33. The molecule has 0 unspecified atom stereocenters. The number of nitrogen functional groups attached to an aromatic ring is 1. The van der Waals surface area contributed by atoms with E-state index in [2.05, 4.69) is 17.6 Å². The highest BCUT2D eigenvalue weighted by atomic mass is 16.5. The molecule has 1 aliphatic rings. The lowest BCUT2D eigenvalue weighted by atomic mass is 10.00. The number of carbonyl (C=O) groups is 1. The summed E-state index contributed by atoms with van der Waals surface area (Å²) >= 11 is 0. The third-order valence-corrected chi connectivity index (χ3v) is 2.65. The van der Waals surface area contributed by atoms with Crippen molar-refractivity contribution in [1.29, 1.82) is 0 Å². The Morgan fingerprint density at radius 1 is 1.47 bits per heavy atom. The molecule has 5 heteroatoms. The van der Waals surface area contributed by atoms with E-state index in [0.29, 0.717) is 18.9 Å². The first-order valence-electron chi connectivity index (χ1n) is 5.52. The van der Waals surface area contributed by atoms with Crippen molar-refractivity contribution in [2.45, 2.75) is 19.4 Å². The van der Waals surface area contributed by atoms with Crippen LogP contribution < -0.4 is 16.4 Å². The Balaban J connectivity index is 2.17. The smallest absolute Gasteiger partial charge is 0.221 e. The van der Waals surface area contributed by atoms with E-state index in [4.69, 9.17) is 10.5 Å². The van der Waals surface area contributed by atoms with Gasteiger partial charge in [0.15, 0.2) is 0 Å². The number of carbonyl (C=O) groups excluding carboxylic acids is 1. The van der Waals surface area contributed by atoms with Gasteiger partial charge in [-0.15, -0.1) is 0 Å². The van der Waals surface area contributed by atoms with Gasteiger partial charge >= 0.3 is 0 Å². The van der Waals surface area contributed by atoms with Gasteiger partial charge in [-0.1, -0.05) is 0 Å². The first-order chi connectivity index (χ1) is 7.98. The maximum Gasteiger partial charge on any atom is 0.221 e. The van der Waals surface area contributed by atoms with E-state index in [0.717, 1.165) is 11.4 Å². The van der Waals surface area contributed by atoms with E-state index < -0.39 is 0 Å². The Bertz CT molecular complexity index is 441. The predicted molar refractivity (Wildman–Crippen MR) is 68.0 cm³/mol. The Kier molecular flexibility index (Phi) is 2.93. The Labute approximate surface area is 100 Å². The summed E-state index contributed by atoms with van der Waals surface area (Å²) in [7, 11) is 0. The number of hydrogen-bond donors (Lipinski definition) is 3. The largest absolute Gasteiger partial charge is 0.397 e. The van der Waals surface area contributed by atoms with Crippen LogP contribution in [0.5, 0.6) is 0 Å². The number of hydrogen-bond acceptors (Lipinski definition) is 4. The van der Waals surface area contributed by atoms with Gasteiger partial charge in [0.1, 0.15) is 0 Å². The van der Waals surface area contributed by atoms with Crippen LogP contribution in [0.1, 0.15) is 13.8 Å². The monoisotopic (exact) mass is 235 g/mol. The van der Waals surface area contributed by atoms with E-state index in [9.17, 15) is 4.79 Å². The molecular formula is C12H17N3O2. The van der Waals surface area contributed by atoms with Crippen LogP contribution in [0, 0.1) is 0 Å². The number of benzene rings is 1. The predicted octanol–water partition coefficient (Wildman–Crippen LogP) is 1.43. The van der Waals surface area contributed by atoms with Gasteiger partial charge in [-0.2, -0.15) is 0 Å². The van der Waals surface area contributed by atoms with Crippen LogP contribution in [0.25, 0.3) is 0 Å². The van der Waals surface area contributed by atoms with Crippen molar-refractivity contribution in [2.75, 3.05) is 29.6 Å². The van der Waals surface area contributed by atoms with Crippen molar-refractivity contribution in [2.24, 2.45) is 0 Å². The standard InChI is InChI=1S/C12H17N3O2/c1-8(16)14-9-3-4-10(13)11(5-9)15-12(2)6-17-7-12/h3-5,15H,6-7,13H2,1-2H3,(H,14,16). The molecule has 2 rings (SSSR count). The Morgan fingerprint density at radius 3 is 2.71 bits per heavy atom. The molecule has 0 saturated carbocycles. The number of ether oxygens (including phenoxy) is 1. The molecule has 1 aliphatic heterocycles. The molecule has 1 heterocycles. The molecule has 0 aliphatic carbocycles. The quantitative estimate of drug-likeness (QED) is 0.693. The van der Waals surface area contributed by atoms with Gasteiger partial charge in [0, 0.05) is 12.6 Å². The molecule has 0 spiro atoms. The minimum Gasteiger partial charge on any atom is -0.397 e. The summed E-state index contributed by atoms with van der Waals surface area (Å²) in [5, 5.41) is 6.06. The van der Waals surface area contributed by atoms with Crippen molar-refractivity contribution in [3.8, 4) is 0 Å². The first-order valence-corrected chi connectivity index (χ1v) is 5.52. The molecule has 1 amide bonds. The van der Waals surface area contributed by atoms with E-state index in [1.54, 1.807) is 12.1 Å². The van der Waals surface area contributed by atoms with Crippen molar-refractivity contribution < 1.29 is 9.53 Å². The molecule has 0 radical (unpaired) electrons. The molecule has 1 fully saturated rings. The average molecular weight is 235 g/mol. The number of amides is 1. The summed E-state index contributed by atoms with van der Waals surface area (Å²) in [6, 6.07) is 5.39. The van der Waals surface area contributed by atoms with Crippen molar-refractivity contribution in [1.82, 2.24) is 0 Å². The van der Waals surface area contributed by atoms with Gasteiger partial charge in [0.2, 0.25) is 5.91 Å². The highest BCUT2D eigenvalue weighted by Crippen LogP contribution is 2.29. The maximum absolute atomic E-state index is 11.0. The van der Waals surface area contributed by atoms with Crippen LogP contribution >= 0.6 is 0 Å². The zero-order valence-corrected chi connectivity index (χ0v) is 10.0. The van der Waals surface area contributed by atoms with Gasteiger partial charge in [-0.05, 0) is 25.1 Å². The van der Waals surface area contributed by atoms with Crippen LogP contribution in [0.3, 0.4) is 0 Å². The lowest BCUT2D eigenvalue weighted by molar-refractivity contribution is -0.114. The molecule has 17 heavy (non-hydrogen) atoms. The Morgan fingerprint density at radius 2 is 2.18 bits per heavy atom. The fourth-order valence-electron chi connectivity index (χ4n) is 1.75. The first kappa shape index (κ1) is 11.7. The van der Waals surface area contributed by atoms with Crippen LogP contribution in [-0.2, 0) is 9.53 Å². The summed E-state index contributed by atoms with van der Waals surface area (Å²) in [5.41, 5.74) is 8.04. The van der Waals surface area contributed by atoms with Gasteiger partial charge in [-0.25, -0.2) is 0 Å². The van der Waals surface area contributed by atoms with Gasteiger partial charge in [0.25, 0.3) is 0 Å². The number of nitrogens with one attached hydrogen (secondary N) is 2. The van der Waals surface area contributed by atoms with E-state index >= 15 is 0 Å². The second kappa shape index (κ2) is 4.25. The SMILES string of the molecule is CC(=O)Nc1ccc(N)c(NC2(C)COC2)c1. The molecule has 0 atom stereocenters. The topological polar surface area (TPSA) is 76.4 Å². The fraction of sp³-hybridized carbons (Fsp3) is 0.417. The van der Waals surface area contributed by atoms with Crippen molar-refractivity contribution in [3.63, 3.8) is 0 Å². The van der Waals surface area contributed by atoms with Gasteiger partial charge < -0.3 is 21.1 Å². The highest BCUT2D eigenvalue weighted by molar-refractivity contribution is 5.90. The van der Waals surface area contributed by atoms with Crippen LogP contribution in [0.2, 0.25) is 0 Å². The molecule has 1 aromatic carbocycles. The summed E-state index contributed by atoms with van der Waals surface area (Å²) in [5.74, 6) is -0.0982. The lowest BCUT2D eigenvalue weighted by Crippen LogP contribution is -2.53. The van der Waals surface area contributed by atoms with E-state index in [-0.39, 0.29) is 11.4 Å². The van der Waals surface area contributed by atoms with Crippen molar-refractivity contribution in [3.05, 3.63) is 18.2 Å². The van der Waals surface area contributed by atoms with Crippen LogP contribution in [0.15, 0.2) is 18.2 Å². The molecular weight excluding hydrogens is 218 g/mol. The third kappa shape index (κ3) is 2.68. The summed E-state index contributed by atoms with van der Waals surface area (Å²) in [4.78, 5) is 11.0. The Hall–Kier alpha value is -1.75. The van der Waals surface area contributed by atoms with Gasteiger partial charge in [0.05, 0.1) is 30.1 Å². The second-order valence-corrected chi connectivity index (χ2v) is 4.66. The molecule has 92 valence electrons. The molecule has 0 aromatic heterocycles. The third-order valence-electron chi connectivity index (χ3n) is 2.65. The summed E-state index contributed by atoms with van der Waals surface area (Å²) in [6.45, 7) is 4.87. The lowest BCUT2D eigenvalue weighted by Gasteiger charge is -2.40. The average Bonchev–Trinajstić information content (AvgIpc) is 2.20. The minimum atomic E-state index is -0.0982. The molecule has 0 bridgehead atoms. The van der Waals surface area contributed by atoms with Crippen molar-refractivity contribution >= 4 is 23.0 Å². The molecule has 4 N–H and O–H groups in total. The maximum atomic E-state index is 11.0. The number of nitrogens with two attached hydrogens (primary N) is 1.